The first-order valence-corrected chi connectivity index (χ1v) is 3.87. The highest BCUT2D eigenvalue weighted by molar-refractivity contribution is 4.56. The van der Waals surface area contributed by atoms with E-state index in [2.05, 4.69) is 19.2 Å². The van der Waals surface area contributed by atoms with Crippen molar-refractivity contribution in [1.82, 2.24) is 5.32 Å². The fourth-order valence-electron chi connectivity index (χ4n) is 0.729. The van der Waals surface area contributed by atoms with Crippen molar-refractivity contribution in [3.63, 3.8) is 0 Å². The van der Waals surface area contributed by atoms with E-state index >= 15 is 0 Å². The summed E-state index contributed by atoms with van der Waals surface area (Å²) in [5.74, 6) is 0. The quantitative estimate of drug-likeness (QED) is 0.377. The van der Waals surface area contributed by atoms with Crippen LogP contribution in [0.5, 0.6) is 0 Å². The fraction of sp³-hybridized carbons (Fsp3) is 1.00. The van der Waals surface area contributed by atoms with E-state index in [1.54, 1.807) is 0 Å². The Kier molecular flexibility index (Phi) is 5.58. The minimum atomic E-state index is -0.144. The van der Waals surface area contributed by atoms with Crippen LogP contribution < -0.4 is 16.8 Å². The maximum Gasteiger partial charge on any atom is 0.0521 e. The van der Waals surface area contributed by atoms with Crippen LogP contribution in [0.4, 0.5) is 0 Å². The highest BCUT2D eigenvalue weighted by Gasteiger charge is 1.94. The number of hydrogen-bond donors (Lipinski definition) is 3. The lowest BCUT2D eigenvalue weighted by molar-refractivity contribution is 0.526. The summed E-state index contributed by atoms with van der Waals surface area (Å²) in [5.41, 5.74) is 10.7. The Morgan fingerprint density at radius 2 is 1.90 bits per heavy atom. The smallest absolute Gasteiger partial charge is 0.0521 e. The summed E-state index contributed by atoms with van der Waals surface area (Å²) >= 11 is 0. The fourth-order valence-corrected chi connectivity index (χ4v) is 0.729. The van der Waals surface area contributed by atoms with Crippen molar-refractivity contribution >= 4 is 0 Å². The molecule has 0 heterocycles. The van der Waals surface area contributed by atoms with Crippen LogP contribution in [0.3, 0.4) is 0 Å². The lowest BCUT2D eigenvalue weighted by atomic mass is 10.2. The van der Waals surface area contributed by atoms with Gasteiger partial charge in [0.15, 0.2) is 0 Å². The van der Waals surface area contributed by atoms with Crippen molar-refractivity contribution in [2.45, 2.75) is 38.9 Å². The maximum atomic E-state index is 5.36. The number of nitrogens with two attached hydrogens (primary N) is 2. The Morgan fingerprint density at radius 1 is 1.30 bits per heavy atom. The minimum absolute atomic E-state index is 0.144. The molecule has 0 aliphatic heterocycles. The van der Waals surface area contributed by atoms with Crippen molar-refractivity contribution in [2.24, 2.45) is 11.5 Å². The molecule has 0 bridgehead atoms. The summed E-state index contributed by atoms with van der Waals surface area (Å²) in [4.78, 5) is 0. The van der Waals surface area contributed by atoms with Crippen LogP contribution >= 0.6 is 0 Å². The van der Waals surface area contributed by atoms with Gasteiger partial charge in [-0.15, -0.1) is 0 Å². The summed E-state index contributed by atoms with van der Waals surface area (Å²) in [5, 5.41) is 3.29. The highest BCUT2D eigenvalue weighted by Crippen LogP contribution is 1.87. The standard InChI is InChI=1S/C7H19N3/c1-6(2)10-5-3-4-7(8)9/h6-7,10H,3-5,8-9H2,1-2H3. The maximum absolute atomic E-state index is 5.36. The van der Waals surface area contributed by atoms with E-state index in [4.69, 9.17) is 11.5 Å². The van der Waals surface area contributed by atoms with Gasteiger partial charge >= 0.3 is 0 Å². The summed E-state index contributed by atoms with van der Waals surface area (Å²) in [7, 11) is 0. The molecule has 5 N–H and O–H groups in total. The molecule has 0 radical (unpaired) electrons. The van der Waals surface area contributed by atoms with Crippen molar-refractivity contribution in [3.8, 4) is 0 Å². The van der Waals surface area contributed by atoms with Gasteiger partial charge in [0.2, 0.25) is 0 Å². The van der Waals surface area contributed by atoms with Crippen LogP contribution in [0.15, 0.2) is 0 Å². The van der Waals surface area contributed by atoms with E-state index in [-0.39, 0.29) is 6.17 Å². The molecule has 0 fully saturated rings. The Hall–Kier alpha value is -0.120. The Balaban J connectivity index is 2.91. The van der Waals surface area contributed by atoms with Gasteiger partial charge in [-0.1, -0.05) is 13.8 Å². The van der Waals surface area contributed by atoms with E-state index < -0.39 is 0 Å². The normalized spacial score (nSPS) is 11.4. The molecule has 0 unspecified atom stereocenters. The van der Waals surface area contributed by atoms with E-state index in [9.17, 15) is 0 Å². The first-order chi connectivity index (χ1) is 4.63. The lowest BCUT2D eigenvalue weighted by Gasteiger charge is -2.08. The third kappa shape index (κ3) is 7.88. The highest BCUT2D eigenvalue weighted by atomic mass is 14.9. The van der Waals surface area contributed by atoms with Crippen LogP contribution in [-0.2, 0) is 0 Å². The van der Waals surface area contributed by atoms with Gasteiger partial charge in [0.25, 0.3) is 0 Å². The van der Waals surface area contributed by atoms with Gasteiger partial charge in [0.05, 0.1) is 6.17 Å². The average Bonchev–Trinajstić information content (AvgIpc) is 1.79. The Bertz CT molecular complexity index is 61.3. The summed E-state index contributed by atoms with van der Waals surface area (Å²) in [6.07, 6.45) is 1.82. The van der Waals surface area contributed by atoms with Gasteiger partial charge in [0.1, 0.15) is 0 Å². The number of nitrogens with one attached hydrogen (secondary N) is 1. The topological polar surface area (TPSA) is 64.1 Å². The molecule has 0 aromatic rings. The van der Waals surface area contributed by atoms with Gasteiger partial charge < -0.3 is 16.8 Å². The van der Waals surface area contributed by atoms with Crippen LogP contribution in [0.25, 0.3) is 0 Å². The molecule has 0 spiro atoms. The number of rotatable bonds is 5. The zero-order valence-corrected chi connectivity index (χ0v) is 6.93. The first-order valence-electron chi connectivity index (χ1n) is 3.87. The van der Waals surface area contributed by atoms with Gasteiger partial charge in [0, 0.05) is 6.04 Å². The van der Waals surface area contributed by atoms with Gasteiger partial charge in [-0.05, 0) is 19.4 Å². The molecule has 0 aromatic carbocycles. The molecule has 0 saturated carbocycles. The molecule has 0 aliphatic rings. The minimum Gasteiger partial charge on any atom is -0.316 e. The zero-order valence-electron chi connectivity index (χ0n) is 6.93. The largest absolute Gasteiger partial charge is 0.316 e. The van der Waals surface area contributed by atoms with E-state index in [1.807, 2.05) is 0 Å². The Labute approximate surface area is 63.2 Å². The van der Waals surface area contributed by atoms with Gasteiger partial charge in [-0.3, -0.25) is 0 Å². The van der Waals surface area contributed by atoms with Gasteiger partial charge in [-0.2, -0.15) is 0 Å². The number of hydrogen-bond acceptors (Lipinski definition) is 3. The molecule has 0 aromatic heterocycles. The van der Waals surface area contributed by atoms with Crippen molar-refractivity contribution in [1.29, 1.82) is 0 Å². The van der Waals surface area contributed by atoms with Crippen LogP contribution in [0.2, 0.25) is 0 Å². The predicted molar refractivity (Wildman–Crippen MR) is 44.5 cm³/mol. The van der Waals surface area contributed by atoms with Crippen molar-refractivity contribution < 1.29 is 0 Å². The molecule has 0 atom stereocenters. The molecular weight excluding hydrogens is 126 g/mol. The lowest BCUT2D eigenvalue weighted by Crippen LogP contribution is -2.32. The average molecular weight is 145 g/mol. The third-order valence-electron chi connectivity index (χ3n) is 1.27. The van der Waals surface area contributed by atoms with E-state index in [1.165, 1.54) is 0 Å². The molecule has 3 heteroatoms. The second-order valence-corrected chi connectivity index (χ2v) is 2.91. The second kappa shape index (κ2) is 5.65. The SMILES string of the molecule is CC(C)NCCCC(N)N. The predicted octanol–water partition coefficient (Wildman–Crippen LogP) is 0.00810. The molecule has 0 saturated heterocycles. The summed E-state index contributed by atoms with van der Waals surface area (Å²) in [6.45, 7) is 5.27. The van der Waals surface area contributed by atoms with Crippen LogP contribution in [-0.4, -0.2) is 18.8 Å². The second-order valence-electron chi connectivity index (χ2n) is 2.91. The molecule has 62 valence electrons. The van der Waals surface area contributed by atoms with Crippen LogP contribution in [0.1, 0.15) is 26.7 Å². The Morgan fingerprint density at radius 3 is 2.30 bits per heavy atom. The zero-order chi connectivity index (χ0) is 7.98. The van der Waals surface area contributed by atoms with Crippen molar-refractivity contribution in [2.75, 3.05) is 6.54 Å². The molecule has 10 heavy (non-hydrogen) atoms. The first kappa shape index (κ1) is 9.88. The van der Waals surface area contributed by atoms with Gasteiger partial charge in [-0.25, -0.2) is 0 Å². The van der Waals surface area contributed by atoms with Crippen molar-refractivity contribution in [3.05, 3.63) is 0 Å². The van der Waals surface area contributed by atoms with E-state index in [0.29, 0.717) is 6.04 Å². The molecule has 0 aliphatic carbocycles. The molecule has 3 nitrogen and oxygen atoms in total. The summed E-state index contributed by atoms with van der Waals surface area (Å²) in [6, 6.07) is 0.564. The summed E-state index contributed by atoms with van der Waals surface area (Å²) < 4.78 is 0. The monoisotopic (exact) mass is 145 g/mol. The molecule has 0 amide bonds. The molecule has 0 rings (SSSR count). The van der Waals surface area contributed by atoms with E-state index in [0.717, 1.165) is 19.4 Å². The third-order valence-corrected chi connectivity index (χ3v) is 1.27. The van der Waals surface area contributed by atoms with Crippen LogP contribution in [0, 0.1) is 0 Å². The molecular formula is C7H19N3.